The van der Waals surface area contributed by atoms with Crippen molar-refractivity contribution < 1.29 is 38.8 Å². The molecular formula is C47H84N4O8S2. The lowest BCUT2D eigenvalue weighted by molar-refractivity contribution is -0.146. The van der Waals surface area contributed by atoms with Gasteiger partial charge in [0.25, 0.3) is 0 Å². The van der Waals surface area contributed by atoms with Crippen molar-refractivity contribution in [2.75, 3.05) is 84.5 Å². The van der Waals surface area contributed by atoms with Crippen LogP contribution in [0.3, 0.4) is 0 Å². The lowest BCUT2D eigenvalue weighted by Gasteiger charge is -2.34. The normalized spacial score (nSPS) is 14.8. The average molecular weight is 897 g/mol. The zero-order chi connectivity index (χ0) is 44.3. The van der Waals surface area contributed by atoms with Crippen molar-refractivity contribution in [3.8, 4) is 0 Å². The molecule has 0 bridgehead atoms. The van der Waals surface area contributed by atoms with E-state index in [0.29, 0.717) is 89.8 Å². The maximum Gasteiger partial charge on any atom is 0.305 e. The van der Waals surface area contributed by atoms with Gasteiger partial charge in [0.15, 0.2) is 0 Å². The summed E-state index contributed by atoms with van der Waals surface area (Å²) < 4.78 is 16.5. The van der Waals surface area contributed by atoms with Crippen LogP contribution >= 0.6 is 21.6 Å². The van der Waals surface area contributed by atoms with E-state index in [1.165, 1.54) is 0 Å². The van der Waals surface area contributed by atoms with E-state index in [4.69, 9.17) is 14.2 Å². The number of hydrogen-bond donors (Lipinski definition) is 2. The van der Waals surface area contributed by atoms with E-state index in [1.807, 2.05) is 35.2 Å². The number of carbonyl (C=O) groups excluding carboxylic acids is 3. The van der Waals surface area contributed by atoms with Crippen LogP contribution in [0.4, 0.5) is 0 Å². The monoisotopic (exact) mass is 897 g/mol. The number of hydrogen-bond acceptors (Lipinski definition) is 14. The third kappa shape index (κ3) is 29.2. The van der Waals surface area contributed by atoms with E-state index in [9.17, 15) is 24.6 Å². The van der Waals surface area contributed by atoms with Gasteiger partial charge in [0.05, 0.1) is 25.4 Å². The molecule has 0 aliphatic carbocycles. The molecule has 2 rings (SSSR count). The lowest BCUT2D eigenvalue weighted by Crippen LogP contribution is -2.47. The Morgan fingerprint density at radius 1 is 0.672 bits per heavy atom. The Labute approximate surface area is 377 Å². The van der Waals surface area contributed by atoms with Gasteiger partial charge in [-0.3, -0.25) is 29.1 Å². The van der Waals surface area contributed by atoms with E-state index < -0.39 is 12.2 Å². The largest absolute Gasteiger partial charge is 0.465 e. The molecular weight excluding hydrogens is 813 g/mol. The van der Waals surface area contributed by atoms with Crippen molar-refractivity contribution >= 4 is 39.5 Å². The number of pyridine rings is 1. The van der Waals surface area contributed by atoms with Crippen LogP contribution in [0.15, 0.2) is 29.4 Å². The number of aromatic nitrogens is 1. The summed E-state index contributed by atoms with van der Waals surface area (Å²) >= 11 is 0. The highest BCUT2D eigenvalue weighted by Crippen LogP contribution is 2.28. The summed E-state index contributed by atoms with van der Waals surface area (Å²) in [7, 11) is 3.56. The Hall–Kier alpha value is -1.94. The van der Waals surface area contributed by atoms with Crippen LogP contribution < -0.4 is 0 Å². The number of ether oxygens (including phenoxy) is 3. The molecule has 2 unspecified atom stereocenters. The molecule has 12 nitrogen and oxygen atoms in total. The number of carbonyl (C=O) groups is 3. The van der Waals surface area contributed by atoms with Crippen molar-refractivity contribution in [3.63, 3.8) is 0 Å². The van der Waals surface area contributed by atoms with Gasteiger partial charge in [0, 0.05) is 83.6 Å². The van der Waals surface area contributed by atoms with Gasteiger partial charge in [-0.15, -0.1) is 0 Å². The number of rotatable bonds is 38. The van der Waals surface area contributed by atoms with Crippen molar-refractivity contribution in [3.05, 3.63) is 24.4 Å². The molecule has 1 aromatic rings. The Morgan fingerprint density at radius 2 is 1.16 bits per heavy atom. The fraction of sp³-hybridized carbons (Fsp3) is 0.830. The molecule has 0 saturated carbocycles. The van der Waals surface area contributed by atoms with Crippen LogP contribution in [0, 0.1) is 11.8 Å². The minimum absolute atomic E-state index is 0.121. The standard InChI is InChI=1S/C47H84N4O8S2/c1-5-40(6-2)38-58-46(55)23-15-11-9-13-20-42(52)36-51(37-43(53)21-14-10-12-16-24-47(56)59-39-41(7-3)8-4)27-19-25-45(54)57-34-32-49-28-30-50(31-29-49)33-35-60-61-44-22-17-18-26-48-44/h17-18,22,26,40-43,52-53H,5-16,19-21,23-25,27-39H2,1-4H3. The Morgan fingerprint density at radius 3 is 1.67 bits per heavy atom. The topological polar surface area (TPSA) is 142 Å². The summed E-state index contributed by atoms with van der Waals surface area (Å²) in [6.45, 7) is 17.1. The lowest BCUT2D eigenvalue weighted by atomic mass is 10.1. The summed E-state index contributed by atoms with van der Waals surface area (Å²) in [5.41, 5.74) is 0. The maximum absolute atomic E-state index is 12.7. The first-order valence-corrected chi connectivity index (χ1v) is 26.2. The second kappa shape index (κ2) is 36.4. The smallest absolute Gasteiger partial charge is 0.305 e. The number of unbranched alkanes of at least 4 members (excludes halogenated alkanes) is 6. The quantitative estimate of drug-likeness (QED) is 0.0284. The highest BCUT2D eigenvalue weighted by Gasteiger charge is 2.19. The van der Waals surface area contributed by atoms with Gasteiger partial charge in [-0.25, -0.2) is 4.98 Å². The SMILES string of the molecule is CCC(CC)COC(=O)CCCCCCC(O)CN(CCCC(=O)OCCN1CCN(CCSSc2ccccn2)CC1)CC(O)CCCCCCC(=O)OCC(CC)CC. The van der Waals surface area contributed by atoms with Crippen molar-refractivity contribution in [1.82, 2.24) is 19.7 Å². The van der Waals surface area contributed by atoms with E-state index in [-0.39, 0.29) is 17.9 Å². The molecule has 0 aromatic carbocycles. The molecule has 1 aromatic heterocycles. The van der Waals surface area contributed by atoms with Crippen LogP contribution in [-0.4, -0.2) is 144 Å². The summed E-state index contributed by atoms with van der Waals surface area (Å²) in [6, 6.07) is 5.98. The van der Waals surface area contributed by atoms with Gasteiger partial charge in [-0.1, -0.05) is 109 Å². The van der Waals surface area contributed by atoms with Crippen molar-refractivity contribution in [2.24, 2.45) is 11.8 Å². The van der Waals surface area contributed by atoms with Crippen LogP contribution in [0.5, 0.6) is 0 Å². The zero-order valence-corrected chi connectivity index (χ0v) is 40.1. The highest BCUT2D eigenvalue weighted by molar-refractivity contribution is 8.76. The third-order valence-electron chi connectivity index (χ3n) is 11.8. The van der Waals surface area contributed by atoms with Crippen LogP contribution in [0.2, 0.25) is 0 Å². The molecule has 1 aliphatic rings. The summed E-state index contributed by atoms with van der Waals surface area (Å²) in [5.74, 6) is 1.47. The molecule has 0 amide bonds. The molecule has 0 radical (unpaired) electrons. The Kier molecular flexibility index (Phi) is 32.9. The van der Waals surface area contributed by atoms with Gasteiger partial charge < -0.3 is 24.4 Å². The number of piperazine rings is 1. The van der Waals surface area contributed by atoms with E-state index >= 15 is 0 Å². The average Bonchev–Trinajstić information content (AvgIpc) is 3.26. The van der Waals surface area contributed by atoms with E-state index in [1.54, 1.807) is 10.8 Å². The molecule has 0 spiro atoms. The molecule has 1 aliphatic heterocycles. The fourth-order valence-electron chi connectivity index (χ4n) is 7.37. The summed E-state index contributed by atoms with van der Waals surface area (Å²) in [4.78, 5) is 48.2. The molecule has 2 atom stereocenters. The molecule has 61 heavy (non-hydrogen) atoms. The Bertz CT molecular complexity index is 1190. The van der Waals surface area contributed by atoms with Crippen molar-refractivity contribution in [1.29, 1.82) is 0 Å². The summed E-state index contributed by atoms with van der Waals surface area (Å²) in [5, 5.41) is 23.0. The van der Waals surface area contributed by atoms with Crippen LogP contribution in [0.1, 0.15) is 143 Å². The molecule has 2 N–H and O–H groups in total. The minimum atomic E-state index is -0.543. The number of esters is 3. The van der Waals surface area contributed by atoms with Gasteiger partial charge in [-0.05, 0) is 73.4 Å². The molecule has 352 valence electrons. The van der Waals surface area contributed by atoms with Gasteiger partial charge in [0.1, 0.15) is 11.6 Å². The Balaban J connectivity index is 1.67. The van der Waals surface area contributed by atoms with E-state index in [2.05, 4.69) is 47.4 Å². The second-order valence-electron chi connectivity index (χ2n) is 16.8. The van der Waals surface area contributed by atoms with Gasteiger partial charge >= 0.3 is 17.9 Å². The predicted molar refractivity (Wildman–Crippen MR) is 250 cm³/mol. The predicted octanol–water partition coefficient (Wildman–Crippen LogP) is 8.43. The number of aliphatic hydroxyl groups excluding tert-OH is 2. The molecule has 1 saturated heterocycles. The molecule has 1 fully saturated rings. The molecule has 14 heteroatoms. The first-order chi connectivity index (χ1) is 29.6. The van der Waals surface area contributed by atoms with E-state index in [0.717, 1.165) is 127 Å². The van der Waals surface area contributed by atoms with Crippen LogP contribution in [-0.2, 0) is 28.6 Å². The third-order valence-corrected chi connectivity index (χ3v) is 14.1. The highest BCUT2D eigenvalue weighted by atomic mass is 33.1. The molecule has 2 heterocycles. The minimum Gasteiger partial charge on any atom is -0.465 e. The van der Waals surface area contributed by atoms with Gasteiger partial charge in [-0.2, -0.15) is 0 Å². The van der Waals surface area contributed by atoms with Gasteiger partial charge in [0.2, 0.25) is 0 Å². The maximum atomic E-state index is 12.7. The number of aliphatic hydroxyl groups is 2. The number of nitrogens with zero attached hydrogens (tertiary/aromatic N) is 4. The summed E-state index contributed by atoms with van der Waals surface area (Å²) in [6.07, 6.45) is 14.9. The van der Waals surface area contributed by atoms with Crippen LogP contribution in [0.25, 0.3) is 0 Å². The fourth-order valence-corrected chi connectivity index (χ4v) is 9.27. The zero-order valence-electron chi connectivity index (χ0n) is 38.5. The first kappa shape index (κ1) is 55.2. The first-order valence-electron chi connectivity index (χ1n) is 23.9. The second-order valence-corrected chi connectivity index (χ2v) is 19.2. The van der Waals surface area contributed by atoms with Crippen molar-refractivity contribution in [2.45, 2.75) is 161 Å².